The topological polar surface area (TPSA) is 37.8 Å². The van der Waals surface area contributed by atoms with Crippen LogP contribution in [0.4, 0.5) is 0 Å². The second kappa shape index (κ2) is 6.10. The molecule has 1 aromatic heterocycles. The van der Waals surface area contributed by atoms with Gasteiger partial charge >= 0.3 is 0 Å². The van der Waals surface area contributed by atoms with Crippen LogP contribution in [0.25, 0.3) is 0 Å². The van der Waals surface area contributed by atoms with Crippen LogP contribution in [0.15, 0.2) is 24.3 Å². The molecule has 1 N–H and O–H groups in total. The van der Waals surface area contributed by atoms with Gasteiger partial charge in [0.2, 0.25) is 0 Å². The van der Waals surface area contributed by atoms with Crippen molar-refractivity contribution >= 4 is 22.9 Å². The fourth-order valence-corrected chi connectivity index (χ4v) is 2.55. The molecular formula is C12H14ClN3S. The van der Waals surface area contributed by atoms with Crippen LogP contribution in [0, 0.1) is 0 Å². The van der Waals surface area contributed by atoms with Crippen molar-refractivity contribution in [2.75, 3.05) is 6.54 Å². The Kier molecular flexibility index (Phi) is 4.48. The number of hydrogen-bond acceptors (Lipinski definition) is 4. The first-order valence-corrected chi connectivity index (χ1v) is 6.74. The molecule has 0 fully saturated rings. The molecule has 0 saturated heterocycles. The van der Waals surface area contributed by atoms with Gasteiger partial charge in [0.25, 0.3) is 0 Å². The number of aromatic nitrogens is 2. The van der Waals surface area contributed by atoms with Gasteiger partial charge in [-0.15, -0.1) is 10.2 Å². The molecule has 0 aliphatic rings. The number of hydrogen-bond donors (Lipinski definition) is 1. The van der Waals surface area contributed by atoms with E-state index in [9.17, 15) is 0 Å². The van der Waals surface area contributed by atoms with E-state index in [0.717, 1.165) is 34.5 Å². The van der Waals surface area contributed by atoms with E-state index >= 15 is 0 Å². The van der Waals surface area contributed by atoms with E-state index in [2.05, 4.69) is 28.5 Å². The summed E-state index contributed by atoms with van der Waals surface area (Å²) < 4.78 is 0. The second-order valence-electron chi connectivity index (χ2n) is 3.68. The highest BCUT2D eigenvalue weighted by Crippen LogP contribution is 2.17. The van der Waals surface area contributed by atoms with Crippen molar-refractivity contribution in [2.45, 2.75) is 19.9 Å². The first-order valence-electron chi connectivity index (χ1n) is 5.54. The van der Waals surface area contributed by atoms with E-state index in [1.807, 2.05) is 18.2 Å². The molecular weight excluding hydrogens is 254 g/mol. The average Bonchev–Trinajstić information content (AvgIpc) is 2.74. The average molecular weight is 268 g/mol. The fourth-order valence-electron chi connectivity index (χ4n) is 1.48. The lowest BCUT2D eigenvalue weighted by Crippen LogP contribution is -2.11. The maximum Gasteiger partial charge on any atom is 0.131 e. The van der Waals surface area contributed by atoms with Crippen LogP contribution in [0.5, 0.6) is 0 Å². The molecule has 0 bridgehead atoms. The van der Waals surface area contributed by atoms with Crippen LogP contribution >= 0.6 is 22.9 Å². The molecule has 0 unspecified atom stereocenters. The summed E-state index contributed by atoms with van der Waals surface area (Å²) in [6, 6.07) is 7.85. The monoisotopic (exact) mass is 267 g/mol. The zero-order valence-corrected chi connectivity index (χ0v) is 11.2. The summed E-state index contributed by atoms with van der Waals surface area (Å²) in [5.74, 6) is 0. The van der Waals surface area contributed by atoms with Crippen LogP contribution in [0.2, 0.25) is 5.02 Å². The predicted molar refractivity (Wildman–Crippen MR) is 71.5 cm³/mol. The van der Waals surface area contributed by atoms with Gasteiger partial charge in [0.05, 0.1) is 0 Å². The van der Waals surface area contributed by atoms with E-state index in [0.29, 0.717) is 0 Å². The van der Waals surface area contributed by atoms with E-state index in [-0.39, 0.29) is 0 Å². The van der Waals surface area contributed by atoms with Gasteiger partial charge < -0.3 is 5.32 Å². The van der Waals surface area contributed by atoms with Gasteiger partial charge in [0, 0.05) is 18.0 Å². The standard InChI is InChI=1S/C12H14ClN3S/c1-2-14-8-12-16-15-11(17-12)7-9-4-3-5-10(13)6-9/h3-6,14H,2,7-8H2,1H3. The minimum absolute atomic E-state index is 0.764. The quantitative estimate of drug-likeness (QED) is 0.905. The summed E-state index contributed by atoms with van der Waals surface area (Å²) in [5, 5.41) is 14.4. The number of halogens is 1. The minimum atomic E-state index is 0.764. The molecule has 0 amide bonds. The Labute approximate surface area is 110 Å². The smallest absolute Gasteiger partial charge is 0.131 e. The van der Waals surface area contributed by atoms with Gasteiger partial charge in [0.15, 0.2) is 0 Å². The van der Waals surface area contributed by atoms with E-state index in [1.54, 1.807) is 11.3 Å². The normalized spacial score (nSPS) is 10.7. The Morgan fingerprint density at radius 3 is 2.88 bits per heavy atom. The Bertz CT molecular complexity index is 484. The van der Waals surface area contributed by atoms with Gasteiger partial charge in [-0.05, 0) is 24.2 Å². The second-order valence-corrected chi connectivity index (χ2v) is 5.26. The Morgan fingerprint density at radius 1 is 1.29 bits per heavy atom. The summed E-state index contributed by atoms with van der Waals surface area (Å²) in [5.41, 5.74) is 1.17. The molecule has 2 aromatic rings. The molecule has 0 spiro atoms. The van der Waals surface area contributed by atoms with Crippen LogP contribution in [-0.4, -0.2) is 16.7 Å². The summed E-state index contributed by atoms with van der Waals surface area (Å²) in [4.78, 5) is 0. The molecule has 90 valence electrons. The van der Waals surface area contributed by atoms with Gasteiger partial charge in [-0.3, -0.25) is 0 Å². The summed E-state index contributed by atoms with van der Waals surface area (Å²) >= 11 is 7.59. The van der Waals surface area contributed by atoms with Crippen molar-refractivity contribution in [3.63, 3.8) is 0 Å². The maximum atomic E-state index is 5.94. The number of benzene rings is 1. The molecule has 0 aliphatic carbocycles. The predicted octanol–water partition coefficient (Wildman–Crippen LogP) is 2.89. The zero-order valence-electron chi connectivity index (χ0n) is 9.61. The van der Waals surface area contributed by atoms with Crippen LogP contribution in [-0.2, 0) is 13.0 Å². The van der Waals surface area contributed by atoms with Gasteiger partial charge in [-0.25, -0.2) is 0 Å². The largest absolute Gasteiger partial charge is 0.311 e. The van der Waals surface area contributed by atoms with Crippen molar-refractivity contribution in [3.8, 4) is 0 Å². The number of nitrogens with one attached hydrogen (secondary N) is 1. The Balaban J connectivity index is 2.01. The molecule has 0 atom stereocenters. The third-order valence-corrected chi connectivity index (χ3v) is 3.44. The maximum absolute atomic E-state index is 5.94. The highest BCUT2D eigenvalue weighted by atomic mass is 35.5. The highest BCUT2D eigenvalue weighted by Gasteiger charge is 2.05. The highest BCUT2D eigenvalue weighted by molar-refractivity contribution is 7.11. The lowest BCUT2D eigenvalue weighted by atomic mass is 10.2. The molecule has 17 heavy (non-hydrogen) atoms. The molecule has 3 nitrogen and oxygen atoms in total. The molecule has 0 saturated carbocycles. The molecule has 0 radical (unpaired) electrons. The van der Waals surface area contributed by atoms with Gasteiger partial charge in [-0.2, -0.15) is 0 Å². The minimum Gasteiger partial charge on any atom is -0.311 e. The van der Waals surface area contributed by atoms with Gasteiger partial charge in [-0.1, -0.05) is 42.0 Å². The van der Waals surface area contributed by atoms with E-state index in [4.69, 9.17) is 11.6 Å². The fraction of sp³-hybridized carbons (Fsp3) is 0.333. The lowest BCUT2D eigenvalue weighted by molar-refractivity contribution is 0.714. The third-order valence-electron chi connectivity index (χ3n) is 2.28. The van der Waals surface area contributed by atoms with Crippen molar-refractivity contribution in [3.05, 3.63) is 44.9 Å². The number of nitrogens with zero attached hydrogens (tertiary/aromatic N) is 2. The SMILES string of the molecule is CCNCc1nnc(Cc2cccc(Cl)c2)s1. The van der Waals surface area contributed by atoms with Crippen molar-refractivity contribution in [1.29, 1.82) is 0 Å². The first-order chi connectivity index (χ1) is 8.28. The van der Waals surface area contributed by atoms with Crippen LogP contribution in [0.3, 0.4) is 0 Å². The molecule has 5 heteroatoms. The molecule has 0 aliphatic heterocycles. The van der Waals surface area contributed by atoms with Crippen LogP contribution in [0.1, 0.15) is 22.5 Å². The third kappa shape index (κ3) is 3.77. The van der Waals surface area contributed by atoms with Gasteiger partial charge in [0.1, 0.15) is 10.0 Å². The van der Waals surface area contributed by atoms with E-state index < -0.39 is 0 Å². The number of rotatable bonds is 5. The summed E-state index contributed by atoms with van der Waals surface area (Å²) in [6.07, 6.45) is 0.796. The Hall–Kier alpha value is -0.970. The molecule has 2 rings (SSSR count). The first kappa shape index (κ1) is 12.5. The molecule has 1 heterocycles. The van der Waals surface area contributed by atoms with Crippen LogP contribution < -0.4 is 5.32 Å². The van der Waals surface area contributed by atoms with Crippen molar-refractivity contribution in [1.82, 2.24) is 15.5 Å². The lowest BCUT2D eigenvalue weighted by Gasteiger charge is -1.97. The van der Waals surface area contributed by atoms with Crippen molar-refractivity contribution in [2.24, 2.45) is 0 Å². The van der Waals surface area contributed by atoms with E-state index in [1.165, 1.54) is 5.56 Å². The summed E-state index contributed by atoms with van der Waals surface area (Å²) in [7, 11) is 0. The Morgan fingerprint density at radius 2 is 2.12 bits per heavy atom. The molecule has 1 aromatic carbocycles. The zero-order chi connectivity index (χ0) is 12.1. The summed E-state index contributed by atoms with van der Waals surface area (Å²) in [6.45, 7) is 3.82. The van der Waals surface area contributed by atoms with Crippen molar-refractivity contribution < 1.29 is 0 Å².